The van der Waals surface area contributed by atoms with Crippen LogP contribution in [-0.4, -0.2) is 23.6 Å². The fourth-order valence-electron chi connectivity index (χ4n) is 1.87. The normalized spacial score (nSPS) is 10.4. The van der Waals surface area contributed by atoms with Crippen LogP contribution in [0.25, 0.3) is 0 Å². The van der Waals surface area contributed by atoms with Gasteiger partial charge in [0.05, 0.1) is 0 Å². The number of benzene rings is 1. The molecule has 0 saturated carbocycles. The van der Waals surface area contributed by atoms with Crippen LogP contribution in [0, 0.1) is 0 Å². The van der Waals surface area contributed by atoms with Gasteiger partial charge in [0, 0.05) is 24.6 Å². The maximum Gasteiger partial charge on any atom is 0.148 e. The molecule has 6 heteroatoms. The minimum Gasteiger partial charge on any atom is -0.369 e. The quantitative estimate of drug-likeness (QED) is 0.822. The Morgan fingerprint density at radius 1 is 1.20 bits per heavy atom. The van der Waals surface area contributed by atoms with Crippen molar-refractivity contribution in [1.29, 1.82) is 0 Å². The molecular formula is C14H16Br2N4. The van der Waals surface area contributed by atoms with Crippen LogP contribution in [0.1, 0.15) is 12.5 Å². The van der Waals surface area contributed by atoms with Gasteiger partial charge in [0.2, 0.25) is 0 Å². The average molecular weight is 400 g/mol. The molecule has 1 aromatic carbocycles. The highest BCUT2D eigenvalue weighted by atomic mass is 79.9. The topological polar surface area (TPSA) is 41.1 Å². The molecule has 0 amide bonds. The number of nitrogens with zero attached hydrogens (tertiary/aromatic N) is 3. The largest absolute Gasteiger partial charge is 0.369 e. The average Bonchev–Trinajstić information content (AvgIpc) is 2.44. The van der Waals surface area contributed by atoms with Gasteiger partial charge in [-0.3, -0.25) is 0 Å². The molecule has 2 aromatic rings. The van der Waals surface area contributed by atoms with E-state index in [0.29, 0.717) is 0 Å². The van der Waals surface area contributed by atoms with Crippen molar-refractivity contribution in [1.82, 2.24) is 9.97 Å². The van der Waals surface area contributed by atoms with Crippen molar-refractivity contribution in [3.05, 3.63) is 45.1 Å². The van der Waals surface area contributed by atoms with Gasteiger partial charge in [-0.2, -0.15) is 0 Å². The summed E-state index contributed by atoms with van der Waals surface area (Å²) >= 11 is 7.15. The molecule has 0 spiro atoms. The Kier molecular flexibility index (Phi) is 5.37. The third-order valence-corrected chi connectivity index (χ3v) is 4.35. The molecule has 0 radical (unpaired) electrons. The van der Waals surface area contributed by atoms with Crippen molar-refractivity contribution < 1.29 is 0 Å². The zero-order valence-electron chi connectivity index (χ0n) is 11.4. The summed E-state index contributed by atoms with van der Waals surface area (Å²) in [6.45, 7) is 3.63. The number of hydrogen-bond donors (Lipinski definition) is 1. The Bertz CT molecular complexity index is 589. The van der Waals surface area contributed by atoms with Crippen LogP contribution < -0.4 is 10.2 Å². The predicted octanol–water partition coefficient (Wildman–Crippen LogP) is 4.07. The van der Waals surface area contributed by atoms with Gasteiger partial charge in [-0.05, 0) is 34.5 Å². The lowest BCUT2D eigenvalue weighted by molar-refractivity contribution is 0.882. The fourth-order valence-corrected chi connectivity index (χ4v) is 2.93. The third kappa shape index (κ3) is 3.49. The lowest BCUT2D eigenvalue weighted by Crippen LogP contribution is -2.19. The van der Waals surface area contributed by atoms with Crippen LogP contribution in [0.15, 0.2) is 39.5 Å². The first kappa shape index (κ1) is 15.3. The lowest BCUT2D eigenvalue weighted by atomic mass is 10.2. The Hall–Kier alpha value is -1.14. The minimum atomic E-state index is 0.766. The number of halogens is 2. The van der Waals surface area contributed by atoms with Crippen LogP contribution in [0.5, 0.6) is 0 Å². The Labute approximate surface area is 135 Å². The molecule has 0 aliphatic rings. The molecule has 2 rings (SSSR count). The van der Waals surface area contributed by atoms with Crippen molar-refractivity contribution in [2.24, 2.45) is 0 Å². The van der Waals surface area contributed by atoms with E-state index in [4.69, 9.17) is 0 Å². The van der Waals surface area contributed by atoms with Crippen LogP contribution in [0.2, 0.25) is 0 Å². The zero-order chi connectivity index (χ0) is 14.5. The van der Waals surface area contributed by atoms with Gasteiger partial charge in [-0.15, -0.1) is 0 Å². The number of hydrogen-bond acceptors (Lipinski definition) is 4. The van der Waals surface area contributed by atoms with E-state index >= 15 is 0 Å². The van der Waals surface area contributed by atoms with Gasteiger partial charge < -0.3 is 10.2 Å². The molecule has 0 aliphatic carbocycles. The number of aromatic nitrogens is 2. The van der Waals surface area contributed by atoms with E-state index in [9.17, 15) is 0 Å². The van der Waals surface area contributed by atoms with Gasteiger partial charge in [0.1, 0.15) is 22.4 Å². The molecule has 0 aliphatic heterocycles. The second-order valence-corrected chi connectivity index (χ2v) is 5.99. The van der Waals surface area contributed by atoms with Crippen LogP contribution >= 0.6 is 31.9 Å². The van der Waals surface area contributed by atoms with E-state index < -0.39 is 0 Å². The van der Waals surface area contributed by atoms with Crippen molar-refractivity contribution in [3.63, 3.8) is 0 Å². The summed E-state index contributed by atoms with van der Waals surface area (Å²) in [5.41, 5.74) is 1.21. The van der Waals surface area contributed by atoms with E-state index in [1.165, 1.54) is 5.56 Å². The molecule has 0 unspecified atom stereocenters. The van der Waals surface area contributed by atoms with E-state index in [2.05, 4.69) is 58.1 Å². The van der Waals surface area contributed by atoms with Gasteiger partial charge in [-0.1, -0.05) is 34.1 Å². The molecule has 0 atom stereocenters. The summed E-state index contributed by atoms with van der Waals surface area (Å²) in [5, 5.41) is 3.21. The molecule has 1 aromatic heterocycles. The highest BCUT2D eigenvalue weighted by molar-refractivity contribution is 9.11. The van der Waals surface area contributed by atoms with Gasteiger partial charge >= 0.3 is 0 Å². The van der Waals surface area contributed by atoms with Gasteiger partial charge in [0.15, 0.2) is 0 Å². The predicted molar refractivity (Wildman–Crippen MR) is 90.1 cm³/mol. The van der Waals surface area contributed by atoms with E-state index in [0.717, 1.165) is 33.7 Å². The van der Waals surface area contributed by atoms with Crippen molar-refractivity contribution in [2.75, 3.05) is 23.8 Å². The van der Waals surface area contributed by atoms with Crippen molar-refractivity contribution in [3.8, 4) is 0 Å². The fraction of sp³-hybridized carbons (Fsp3) is 0.286. The van der Waals surface area contributed by atoms with E-state index in [1.807, 2.05) is 32.2 Å². The van der Waals surface area contributed by atoms with Crippen LogP contribution in [0.3, 0.4) is 0 Å². The Morgan fingerprint density at radius 2 is 1.95 bits per heavy atom. The summed E-state index contributed by atoms with van der Waals surface area (Å²) in [7, 11) is 2.02. The second-order valence-electron chi connectivity index (χ2n) is 4.34. The summed E-state index contributed by atoms with van der Waals surface area (Å²) in [6.07, 6.45) is 1.58. The summed E-state index contributed by atoms with van der Waals surface area (Å²) in [4.78, 5) is 10.7. The number of nitrogens with one attached hydrogen (secondary N) is 1. The standard InChI is InChI=1S/C14H16Br2N4/c1-3-17-13-12(16)14(19-9-18-13)20(2)8-10-6-4-5-7-11(10)15/h4-7,9H,3,8H2,1-2H3,(H,17,18,19). The Balaban J connectivity index is 2.23. The SMILES string of the molecule is CCNc1ncnc(N(C)Cc2ccccc2Br)c1Br. The number of rotatable bonds is 5. The van der Waals surface area contributed by atoms with Crippen molar-refractivity contribution in [2.45, 2.75) is 13.5 Å². The third-order valence-electron chi connectivity index (χ3n) is 2.84. The molecule has 106 valence electrons. The first-order valence-electron chi connectivity index (χ1n) is 6.32. The molecule has 20 heavy (non-hydrogen) atoms. The summed E-state index contributed by atoms with van der Waals surface area (Å²) < 4.78 is 1.99. The molecule has 0 bridgehead atoms. The molecule has 1 heterocycles. The second kappa shape index (κ2) is 7.04. The van der Waals surface area contributed by atoms with E-state index in [-0.39, 0.29) is 0 Å². The highest BCUT2D eigenvalue weighted by Gasteiger charge is 2.13. The number of anilines is 2. The zero-order valence-corrected chi connectivity index (χ0v) is 14.6. The van der Waals surface area contributed by atoms with Gasteiger partial charge in [-0.25, -0.2) is 9.97 Å². The Morgan fingerprint density at radius 3 is 2.65 bits per heavy atom. The maximum atomic E-state index is 4.36. The first-order valence-corrected chi connectivity index (χ1v) is 7.91. The summed E-state index contributed by atoms with van der Waals surface area (Å²) in [6, 6.07) is 8.19. The smallest absolute Gasteiger partial charge is 0.148 e. The van der Waals surface area contributed by atoms with Crippen LogP contribution in [-0.2, 0) is 6.54 Å². The highest BCUT2D eigenvalue weighted by Crippen LogP contribution is 2.30. The molecule has 4 nitrogen and oxygen atoms in total. The van der Waals surface area contributed by atoms with Crippen molar-refractivity contribution >= 4 is 43.5 Å². The molecular weight excluding hydrogens is 384 g/mol. The van der Waals surface area contributed by atoms with E-state index in [1.54, 1.807) is 6.33 Å². The monoisotopic (exact) mass is 398 g/mol. The van der Waals surface area contributed by atoms with Crippen LogP contribution in [0.4, 0.5) is 11.6 Å². The molecule has 1 N–H and O–H groups in total. The maximum absolute atomic E-state index is 4.36. The minimum absolute atomic E-state index is 0.766. The summed E-state index contributed by atoms with van der Waals surface area (Å²) in [5.74, 6) is 1.68. The molecule has 0 fully saturated rings. The first-order chi connectivity index (χ1) is 9.63. The molecule has 0 saturated heterocycles. The van der Waals surface area contributed by atoms with Gasteiger partial charge in [0.25, 0.3) is 0 Å². The lowest BCUT2D eigenvalue weighted by Gasteiger charge is -2.21.